The first-order chi connectivity index (χ1) is 9.29. The molecule has 0 saturated carbocycles. The molecule has 19 heavy (non-hydrogen) atoms. The highest BCUT2D eigenvalue weighted by Crippen LogP contribution is 2.10. The standard InChI is InChI=1S/C15H13FN2O/c16-15-7-6-13(9-17)8-14(15)10-18-19-11-12-4-2-1-3-5-12/h1-8,18H,10-11H2. The molecule has 0 unspecified atom stereocenters. The number of nitrogens with one attached hydrogen (secondary N) is 1. The van der Waals surface area contributed by atoms with Gasteiger partial charge in [0.1, 0.15) is 5.82 Å². The van der Waals surface area contributed by atoms with Gasteiger partial charge in [0.05, 0.1) is 18.2 Å². The number of hydroxylamine groups is 1. The molecule has 0 aliphatic heterocycles. The van der Waals surface area contributed by atoms with Crippen LogP contribution in [0.1, 0.15) is 16.7 Å². The minimum atomic E-state index is -0.352. The third-order valence-corrected chi connectivity index (χ3v) is 2.62. The summed E-state index contributed by atoms with van der Waals surface area (Å²) in [6.07, 6.45) is 0. The highest BCUT2D eigenvalue weighted by Gasteiger charge is 2.03. The summed E-state index contributed by atoms with van der Waals surface area (Å²) < 4.78 is 13.5. The van der Waals surface area contributed by atoms with Crippen molar-refractivity contribution in [3.8, 4) is 6.07 Å². The van der Waals surface area contributed by atoms with Gasteiger partial charge in [0.2, 0.25) is 0 Å². The molecule has 0 radical (unpaired) electrons. The van der Waals surface area contributed by atoms with E-state index in [4.69, 9.17) is 10.1 Å². The van der Waals surface area contributed by atoms with Gasteiger partial charge in [0, 0.05) is 12.1 Å². The van der Waals surface area contributed by atoms with Crippen molar-refractivity contribution in [2.45, 2.75) is 13.2 Å². The molecule has 0 atom stereocenters. The van der Waals surface area contributed by atoms with Crippen molar-refractivity contribution in [3.63, 3.8) is 0 Å². The van der Waals surface area contributed by atoms with Gasteiger partial charge in [-0.3, -0.25) is 4.84 Å². The van der Waals surface area contributed by atoms with Crippen LogP contribution in [-0.2, 0) is 18.0 Å². The molecule has 2 rings (SSSR count). The van der Waals surface area contributed by atoms with Gasteiger partial charge < -0.3 is 0 Å². The maximum atomic E-state index is 13.5. The molecule has 2 aromatic carbocycles. The topological polar surface area (TPSA) is 45.0 Å². The SMILES string of the molecule is N#Cc1ccc(F)c(CNOCc2ccccc2)c1. The highest BCUT2D eigenvalue weighted by atomic mass is 19.1. The molecule has 2 aromatic rings. The maximum absolute atomic E-state index is 13.5. The quantitative estimate of drug-likeness (QED) is 0.661. The normalized spacial score (nSPS) is 10.1. The van der Waals surface area contributed by atoms with Crippen molar-refractivity contribution in [1.29, 1.82) is 5.26 Å². The van der Waals surface area contributed by atoms with Crippen molar-refractivity contribution in [3.05, 3.63) is 71.0 Å². The molecule has 0 aromatic heterocycles. The zero-order valence-corrected chi connectivity index (χ0v) is 10.3. The van der Waals surface area contributed by atoms with Gasteiger partial charge in [-0.1, -0.05) is 30.3 Å². The van der Waals surface area contributed by atoms with Gasteiger partial charge in [0.15, 0.2) is 0 Å². The maximum Gasteiger partial charge on any atom is 0.127 e. The van der Waals surface area contributed by atoms with E-state index < -0.39 is 0 Å². The number of hydrogen-bond acceptors (Lipinski definition) is 3. The second-order valence-corrected chi connectivity index (χ2v) is 4.01. The molecule has 4 heteroatoms. The van der Waals surface area contributed by atoms with Crippen molar-refractivity contribution in [1.82, 2.24) is 5.48 Å². The van der Waals surface area contributed by atoms with Crippen LogP contribution in [0.2, 0.25) is 0 Å². The lowest BCUT2D eigenvalue weighted by atomic mass is 10.1. The lowest BCUT2D eigenvalue weighted by molar-refractivity contribution is 0.0230. The summed E-state index contributed by atoms with van der Waals surface area (Å²) in [5.74, 6) is -0.352. The van der Waals surface area contributed by atoms with Crippen LogP contribution in [0.3, 0.4) is 0 Å². The van der Waals surface area contributed by atoms with Crippen LogP contribution in [0.25, 0.3) is 0 Å². The Labute approximate surface area is 111 Å². The summed E-state index contributed by atoms with van der Waals surface area (Å²) in [4.78, 5) is 5.25. The van der Waals surface area contributed by atoms with Gasteiger partial charge in [-0.25, -0.2) is 4.39 Å². The van der Waals surface area contributed by atoms with Gasteiger partial charge in [-0.05, 0) is 23.8 Å². The number of hydrogen-bond donors (Lipinski definition) is 1. The van der Waals surface area contributed by atoms with E-state index in [0.29, 0.717) is 17.7 Å². The molecule has 0 aliphatic carbocycles. The Morgan fingerprint density at radius 2 is 1.95 bits per heavy atom. The van der Waals surface area contributed by atoms with Gasteiger partial charge in [0.25, 0.3) is 0 Å². The fourth-order valence-electron chi connectivity index (χ4n) is 1.62. The first-order valence-electron chi connectivity index (χ1n) is 5.86. The van der Waals surface area contributed by atoms with E-state index in [1.165, 1.54) is 18.2 Å². The second-order valence-electron chi connectivity index (χ2n) is 4.01. The van der Waals surface area contributed by atoms with E-state index in [0.717, 1.165) is 5.56 Å². The summed E-state index contributed by atoms with van der Waals surface area (Å²) in [5.41, 5.74) is 4.56. The van der Waals surface area contributed by atoms with Crippen LogP contribution >= 0.6 is 0 Å². The predicted molar refractivity (Wildman–Crippen MR) is 69.2 cm³/mol. The minimum Gasteiger partial charge on any atom is -0.297 e. The smallest absolute Gasteiger partial charge is 0.127 e. The average molecular weight is 256 g/mol. The number of benzene rings is 2. The minimum absolute atomic E-state index is 0.216. The zero-order valence-electron chi connectivity index (χ0n) is 10.3. The molecule has 0 heterocycles. The van der Waals surface area contributed by atoms with E-state index in [1.54, 1.807) is 0 Å². The summed E-state index contributed by atoms with van der Waals surface area (Å²) in [5, 5.41) is 8.75. The lowest BCUT2D eigenvalue weighted by Gasteiger charge is -2.07. The molecule has 3 nitrogen and oxygen atoms in total. The van der Waals surface area contributed by atoms with E-state index >= 15 is 0 Å². The van der Waals surface area contributed by atoms with Crippen molar-refractivity contribution >= 4 is 0 Å². The Morgan fingerprint density at radius 3 is 2.68 bits per heavy atom. The van der Waals surface area contributed by atoms with E-state index in [2.05, 4.69) is 5.48 Å². The van der Waals surface area contributed by atoms with Crippen LogP contribution in [0, 0.1) is 17.1 Å². The molecule has 0 bridgehead atoms. The molecule has 0 saturated heterocycles. The number of rotatable bonds is 5. The third-order valence-electron chi connectivity index (χ3n) is 2.62. The van der Waals surface area contributed by atoms with Crippen molar-refractivity contribution < 1.29 is 9.23 Å². The van der Waals surface area contributed by atoms with Crippen LogP contribution in [0.5, 0.6) is 0 Å². The third kappa shape index (κ3) is 3.88. The highest BCUT2D eigenvalue weighted by molar-refractivity contribution is 5.33. The summed E-state index contributed by atoms with van der Waals surface area (Å²) in [6.45, 7) is 0.620. The van der Waals surface area contributed by atoms with E-state index in [-0.39, 0.29) is 12.4 Å². The Morgan fingerprint density at radius 1 is 1.16 bits per heavy atom. The first kappa shape index (κ1) is 13.2. The molecule has 0 spiro atoms. The number of nitriles is 1. The fourth-order valence-corrected chi connectivity index (χ4v) is 1.62. The Balaban J connectivity index is 1.85. The van der Waals surface area contributed by atoms with E-state index in [1.807, 2.05) is 36.4 Å². The van der Waals surface area contributed by atoms with Gasteiger partial charge in [-0.2, -0.15) is 10.7 Å². The van der Waals surface area contributed by atoms with Gasteiger partial charge in [-0.15, -0.1) is 0 Å². The summed E-state index contributed by atoms with van der Waals surface area (Å²) in [6, 6.07) is 15.9. The molecule has 0 amide bonds. The van der Waals surface area contributed by atoms with Crippen LogP contribution < -0.4 is 5.48 Å². The fraction of sp³-hybridized carbons (Fsp3) is 0.133. The van der Waals surface area contributed by atoms with Gasteiger partial charge >= 0.3 is 0 Å². The first-order valence-corrected chi connectivity index (χ1v) is 5.86. The molecule has 0 fully saturated rings. The largest absolute Gasteiger partial charge is 0.297 e. The Hall–Kier alpha value is -2.22. The van der Waals surface area contributed by atoms with Crippen molar-refractivity contribution in [2.75, 3.05) is 0 Å². The zero-order chi connectivity index (χ0) is 13.5. The van der Waals surface area contributed by atoms with Crippen LogP contribution in [-0.4, -0.2) is 0 Å². The Kier molecular flexibility index (Phi) is 4.62. The Bertz CT molecular complexity index is 578. The van der Waals surface area contributed by atoms with Crippen LogP contribution in [0.15, 0.2) is 48.5 Å². The summed E-state index contributed by atoms with van der Waals surface area (Å²) >= 11 is 0. The number of nitrogens with zero attached hydrogens (tertiary/aromatic N) is 1. The second kappa shape index (κ2) is 6.64. The van der Waals surface area contributed by atoms with E-state index in [9.17, 15) is 4.39 Å². The molecule has 0 aliphatic rings. The molecule has 1 N–H and O–H groups in total. The lowest BCUT2D eigenvalue weighted by Crippen LogP contribution is -2.15. The number of halogens is 1. The van der Waals surface area contributed by atoms with Crippen molar-refractivity contribution in [2.24, 2.45) is 0 Å². The predicted octanol–water partition coefficient (Wildman–Crippen LogP) is 2.92. The summed E-state index contributed by atoms with van der Waals surface area (Å²) in [7, 11) is 0. The monoisotopic (exact) mass is 256 g/mol. The molecular weight excluding hydrogens is 243 g/mol. The molecular formula is C15H13FN2O. The average Bonchev–Trinajstić information content (AvgIpc) is 2.46. The van der Waals surface area contributed by atoms with Crippen LogP contribution in [0.4, 0.5) is 4.39 Å². The molecule has 96 valence electrons.